The van der Waals surface area contributed by atoms with Crippen LogP contribution in [0.1, 0.15) is 10.6 Å². The zero-order valence-corrected chi connectivity index (χ0v) is 11.1. The van der Waals surface area contributed by atoms with E-state index in [4.69, 9.17) is 12.2 Å². The molecule has 0 fully saturated rings. The second kappa shape index (κ2) is 6.32. The first-order chi connectivity index (χ1) is 8.81. The number of benzene rings is 1. The lowest BCUT2D eigenvalue weighted by atomic mass is 10.1. The van der Waals surface area contributed by atoms with E-state index in [1.165, 1.54) is 11.3 Å². The summed E-state index contributed by atoms with van der Waals surface area (Å²) in [4.78, 5) is 11.1. The Morgan fingerprint density at radius 2 is 2.28 bits per heavy atom. The van der Waals surface area contributed by atoms with Crippen LogP contribution in [0.5, 0.6) is 0 Å². The van der Waals surface area contributed by atoms with Gasteiger partial charge in [0.2, 0.25) is 6.29 Å². The topological polar surface area (TPSA) is 54.9 Å². The summed E-state index contributed by atoms with van der Waals surface area (Å²) in [5.74, 6) is 0. The molecule has 1 N–H and O–H groups in total. The van der Waals surface area contributed by atoms with Crippen LogP contribution in [0.2, 0.25) is 0 Å². The molecule has 0 spiro atoms. The van der Waals surface area contributed by atoms with Crippen molar-refractivity contribution < 1.29 is 4.79 Å². The highest BCUT2D eigenvalue weighted by molar-refractivity contribution is 7.80. The lowest BCUT2D eigenvalue weighted by Crippen LogP contribution is -2.09. The molecule has 0 atom stereocenters. The first kappa shape index (κ1) is 12.8. The molecule has 0 bridgehead atoms. The summed E-state index contributed by atoms with van der Waals surface area (Å²) in [5.41, 5.74) is 3.44. The smallest absolute Gasteiger partial charge is 0.219 e. The molecule has 0 unspecified atom stereocenters. The number of nitrogens with zero attached hydrogens (tertiary/aromatic N) is 2. The SMILES string of the molecule is O=[C]CNc1ccccc1C(=S)Cc1nncs1. The Morgan fingerprint density at radius 1 is 1.44 bits per heavy atom. The number of hydrogen-bond acceptors (Lipinski definition) is 6. The Balaban J connectivity index is 2.16. The Morgan fingerprint density at radius 3 is 3.00 bits per heavy atom. The highest BCUT2D eigenvalue weighted by atomic mass is 32.1. The summed E-state index contributed by atoms with van der Waals surface area (Å²) in [6.07, 6.45) is 2.39. The number of carbonyl (C=O) groups excluding carboxylic acids is 1. The van der Waals surface area contributed by atoms with E-state index in [1.54, 1.807) is 11.8 Å². The average Bonchev–Trinajstić information content (AvgIpc) is 2.89. The molecule has 1 heterocycles. The monoisotopic (exact) mass is 276 g/mol. The van der Waals surface area contributed by atoms with E-state index < -0.39 is 0 Å². The third-order valence-corrected chi connectivity index (χ3v) is 3.36. The second-order valence-corrected chi connectivity index (χ2v) is 4.89. The summed E-state index contributed by atoms with van der Waals surface area (Å²) in [7, 11) is 0. The van der Waals surface area contributed by atoms with E-state index in [-0.39, 0.29) is 6.54 Å². The number of rotatable bonds is 6. The van der Waals surface area contributed by atoms with Crippen LogP contribution in [-0.4, -0.2) is 27.9 Å². The molecule has 91 valence electrons. The molecule has 1 aromatic heterocycles. The van der Waals surface area contributed by atoms with E-state index >= 15 is 0 Å². The van der Waals surface area contributed by atoms with Crippen LogP contribution < -0.4 is 5.32 Å². The van der Waals surface area contributed by atoms with Crippen molar-refractivity contribution in [3.63, 3.8) is 0 Å². The quantitative estimate of drug-likeness (QED) is 0.646. The first-order valence-corrected chi connectivity index (χ1v) is 6.56. The maximum atomic E-state index is 10.3. The zero-order valence-electron chi connectivity index (χ0n) is 9.42. The highest BCUT2D eigenvalue weighted by Gasteiger charge is 2.09. The van der Waals surface area contributed by atoms with Crippen LogP contribution in [0.4, 0.5) is 5.69 Å². The molecule has 0 aliphatic rings. The van der Waals surface area contributed by atoms with E-state index in [0.717, 1.165) is 21.1 Å². The molecule has 6 heteroatoms. The molecular formula is C12H10N3OS2. The Bertz CT molecular complexity index is 540. The zero-order chi connectivity index (χ0) is 12.8. The molecule has 2 aromatic rings. The van der Waals surface area contributed by atoms with Crippen molar-refractivity contribution in [2.75, 3.05) is 11.9 Å². The second-order valence-electron chi connectivity index (χ2n) is 3.48. The molecule has 0 saturated carbocycles. The molecule has 1 radical (unpaired) electrons. The molecule has 4 nitrogen and oxygen atoms in total. The molecular weight excluding hydrogens is 266 g/mol. The van der Waals surface area contributed by atoms with Crippen molar-refractivity contribution in [2.45, 2.75) is 6.42 Å². The van der Waals surface area contributed by atoms with Crippen LogP contribution in [0.15, 0.2) is 29.8 Å². The minimum atomic E-state index is 0.151. The molecule has 0 amide bonds. The minimum absolute atomic E-state index is 0.151. The van der Waals surface area contributed by atoms with Gasteiger partial charge in [0.05, 0.1) is 6.54 Å². The van der Waals surface area contributed by atoms with Crippen LogP contribution in [-0.2, 0) is 11.2 Å². The van der Waals surface area contributed by atoms with Gasteiger partial charge in [-0.25, -0.2) is 0 Å². The Labute approximate surface area is 114 Å². The summed E-state index contributed by atoms with van der Waals surface area (Å²) < 4.78 is 0. The maximum absolute atomic E-state index is 10.3. The third-order valence-electron chi connectivity index (χ3n) is 2.30. The van der Waals surface area contributed by atoms with Crippen LogP contribution >= 0.6 is 23.6 Å². The summed E-state index contributed by atoms with van der Waals surface area (Å²) >= 11 is 6.88. The number of thiocarbonyl (C=S) groups is 1. The predicted molar refractivity (Wildman–Crippen MR) is 75.9 cm³/mol. The molecule has 18 heavy (non-hydrogen) atoms. The normalized spacial score (nSPS) is 10.0. The molecule has 0 saturated heterocycles. The summed E-state index contributed by atoms with van der Waals surface area (Å²) in [5, 5.41) is 11.6. The number of nitrogens with one attached hydrogen (secondary N) is 1. The lowest BCUT2D eigenvalue weighted by Gasteiger charge is -2.10. The van der Waals surface area contributed by atoms with Crippen molar-refractivity contribution in [2.24, 2.45) is 0 Å². The Kier molecular flexibility index (Phi) is 4.49. The van der Waals surface area contributed by atoms with Gasteiger partial charge < -0.3 is 5.32 Å². The summed E-state index contributed by atoms with van der Waals surface area (Å²) in [6, 6.07) is 7.62. The fourth-order valence-electron chi connectivity index (χ4n) is 1.52. The van der Waals surface area contributed by atoms with Gasteiger partial charge in [-0.3, -0.25) is 4.79 Å². The molecule has 2 rings (SSSR count). The van der Waals surface area contributed by atoms with Gasteiger partial charge in [0.15, 0.2) is 0 Å². The largest absolute Gasteiger partial charge is 0.377 e. The number of hydrogen-bond donors (Lipinski definition) is 1. The molecule has 1 aromatic carbocycles. The van der Waals surface area contributed by atoms with Crippen molar-refractivity contribution in [1.82, 2.24) is 10.2 Å². The maximum Gasteiger partial charge on any atom is 0.219 e. The van der Waals surface area contributed by atoms with Crippen LogP contribution in [0, 0.1) is 0 Å². The van der Waals surface area contributed by atoms with Crippen molar-refractivity contribution in [3.05, 3.63) is 40.3 Å². The van der Waals surface area contributed by atoms with Gasteiger partial charge in [-0.15, -0.1) is 21.5 Å². The van der Waals surface area contributed by atoms with Gasteiger partial charge in [-0.05, 0) is 6.07 Å². The van der Waals surface area contributed by atoms with Gasteiger partial charge in [0, 0.05) is 22.5 Å². The highest BCUT2D eigenvalue weighted by Crippen LogP contribution is 2.18. The fraction of sp³-hybridized carbons (Fsp3) is 0.167. The first-order valence-electron chi connectivity index (χ1n) is 5.27. The van der Waals surface area contributed by atoms with Gasteiger partial charge >= 0.3 is 0 Å². The number of aromatic nitrogens is 2. The van der Waals surface area contributed by atoms with E-state index in [0.29, 0.717) is 6.42 Å². The molecule has 0 aliphatic heterocycles. The van der Waals surface area contributed by atoms with Crippen molar-refractivity contribution in [1.29, 1.82) is 0 Å². The van der Waals surface area contributed by atoms with Crippen LogP contribution in [0.25, 0.3) is 0 Å². The summed E-state index contributed by atoms with van der Waals surface area (Å²) in [6.45, 7) is 0.151. The van der Waals surface area contributed by atoms with Gasteiger partial charge in [-0.1, -0.05) is 30.4 Å². The third kappa shape index (κ3) is 3.18. The molecule has 0 aliphatic carbocycles. The van der Waals surface area contributed by atoms with Crippen molar-refractivity contribution >= 4 is 40.4 Å². The van der Waals surface area contributed by atoms with Crippen molar-refractivity contribution in [3.8, 4) is 0 Å². The fourth-order valence-corrected chi connectivity index (χ4v) is 2.46. The Hall–Kier alpha value is -1.66. The van der Waals surface area contributed by atoms with Gasteiger partial charge in [0.25, 0.3) is 0 Å². The lowest BCUT2D eigenvalue weighted by molar-refractivity contribution is 0.557. The van der Waals surface area contributed by atoms with E-state index in [9.17, 15) is 4.79 Å². The van der Waals surface area contributed by atoms with Gasteiger partial charge in [-0.2, -0.15) is 0 Å². The van der Waals surface area contributed by atoms with Crippen LogP contribution in [0.3, 0.4) is 0 Å². The van der Waals surface area contributed by atoms with Gasteiger partial charge in [0.1, 0.15) is 10.5 Å². The standard InChI is InChI=1S/C12H10N3OS2/c16-6-5-13-10-4-2-1-3-9(10)11(17)7-12-15-14-8-18-12/h1-4,8,13H,5,7H2. The van der Waals surface area contributed by atoms with E-state index in [1.807, 2.05) is 24.3 Å². The van der Waals surface area contributed by atoms with E-state index in [2.05, 4.69) is 15.5 Å². The minimum Gasteiger partial charge on any atom is -0.377 e. The number of anilines is 1. The predicted octanol–water partition coefficient (Wildman–Crippen LogP) is 2.02. The number of para-hydroxylation sites is 1. The average molecular weight is 276 g/mol.